The summed E-state index contributed by atoms with van der Waals surface area (Å²) in [6.07, 6.45) is 7.47. The Kier molecular flexibility index (Phi) is 3.30. The predicted molar refractivity (Wildman–Crippen MR) is 70.4 cm³/mol. The van der Waals surface area contributed by atoms with Crippen LogP contribution in [0.5, 0.6) is 0 Å². The molecule has 16 heavy (non-hydrogen) atoms. The Bertz CT molecular complexity index is 378. The second kappa shape index (κ2) is 4.28. The molecule has 2 N–H and O–H groups in total. The summed E-state index contributed by atoms with van der Waals surface area (Å²) in [5, 5.41) is 1.21. The Morgan fingerprint density at radius 1 is 1.31 bits per heavy atom. The zero-order valence-electron chi connectivity index (χ0n) is 9.66. The van der Waals surface area contributed by atoms with Crippen LogP contribution >= 0.6 is 23.7 Å². The number of hydrogen-bond donors (Lipinski definition) is 1. The van der Waals surface area contributed by atoms with Crippen LogP contribution in [0.1, 0.15) is 60.0 Å². The molecule has 0 aliphatic heterocycles. The van der Waals surface area contributed by atoms with Gasteiger partial charge in [-0.3, -0.25) is 0 Å². The number of nitrogens with two attached hydrogens (primary N) is 1. The van der Waals surface area contributed by atoms with Crippen LogP contribution in [-0.2, 0) is 5.54 Å². The highest BCUT2D eigenvalue weighted by Gasteiger charge is 2.36. The molecule has 0 unspecified atom stereocenters. The van der Waals surface area contributed by atoms with Crippen molar-refractivity contribution >= 4 is 23.7 Å². The molecule has 0 bridgehead atoms. The third kappa shape index (κ3) is 2.01. The summed E-state index contributed by atoms with van der Waals surface area (Å²) in [5.74, 6) is 0.764. The first-order valence-electron chi connectivity index (χ1n) is 5.96. The maximum Gasteiger partial charge on any atom is 0.113 e. The van der Waals surface area contributed by atoms with Gasteiger partial charge in [-0.25, -0.2) is 4.98 Å². The van der Waals surface area contributed by atoms with Crippen LogP contribution in [0.2, 0.25) is 0 Å². The lowest BCUT2D eigenvalue weighted by atomic mass is 10.0. The van der Waals surface area contributed by atoms with Gasteiger partial charge >= 0.3 is 0 Å². The van der Waals surface area contributed by atoms with Crippen LogP contribution in [-0.4, -0.2) is 4.98 Å². The molecule has 1 aromatic heterocycles. The van der Waals surface area contributed by atoms with Crippen LogP contribution < -0.4 is 5.73 Å². The maximum atomic E-state index is 6.43. The van der Waals surface area contributed by atoms with Gasteiger partial charge in [0, 0.05) is 10.8 Å². The molecule has 2 aliphatic carbocycles. The average Bonchev–Trinajstić information content (AvgIpc) is 2.83. The van der Waals surface area contributed by atoms with E-state index in [1.165, 1.54) is 41.3 Å². The Morgan fingerprint density at radius 2 is 1.94 bits per heavy atom. The lowest BCUT2D eigenvalue weighted by Crippen LogP contribution is -2.32. The van der Waals surface area contributed by atoms with Crippen molar-refractivity contribution in [2.45, 2.75) is 56.9 Å². The van der Waals surface area contributed by atoms with Crippen molar-refractivity contribution in [1.29, 1.82) is 0 Å². The van der Waals surface area contributed by atoms with E-state index in [9.17, 15) is 0 Å². The summed E-state index contributed by atoms with van der Waals surface area (Å²) in [7, 11) is 0. The first kappa shape index (κ1) is 12.3. The Labute approximate surface area is 107 Å². The van der Waals surface area contributed by atoms with Gasteiger partial charge in [-0.15, -0.1) is 23.7 Å². The van der Waals surface area contributed by atoms with Gasteiger partial charge in [0.05, 0.1) is 11.2 Å². The summed E-state index contributed by atoms with van der Waals surface area (Å²) in [6, 6.07) is 0. The van der Waals surface area contributed by atoms with E-state index in [0.717, 1.165) is 18.8 Å². The topological polar surface area (TPSA) is 38.9 Å². The summed E-state index contributed by atoms with van der Waals surface area (Å²) in [6.45, 7) is 2.20. The molecule has 90 valence electrons. The van der Waals surface area contributed by atoms with E-state index >= 15 is 0 Å². The third-order valence-electron chi connectivity index (χ3n) is 3.72. The minimum absolute atomic E-state index is 0. The summed E-state index contributed by atoms with van der Waals surface area (Å²) < 4.78 is 0. The fourth-order valence-electron chi connectivity index (χ4n) is 2.58. The monoisotopic (exact) mass is 258 g/mol. The van der Waals surface area contributed by atoms with Gasteiger partial charge in [-0.1, -0.05) is 12.8 Å². The Morgan fingerprint density at radius 3 is 2.50 bits per heavy atom. The minimum atomic E-state index is -0.0808. The minimum Gasteiger partial charge on any atom is -0.319 e. The van der Waals surface area contributed by atoms with E-state index in [1.54, 1.807) is 0 Å². The molecule has 2 nitrogen and oxygen atoms in total. The molecule has 0 radical (unpaired) electrons. The third-order valence-corrected chi connectivity index (χ3v) is 4.92. The predicted octanol–water partition coefficient (Wildman–Crippen LogP) is 3.48. The largest absolute Gasteiger partial charge is 0.319 e. The summed E-state index contributed by atoms with van der Waals surface area (Å²) in [4.78, 5) is 6.23. The number of aromatic nitrogens is 1. The van der Waals surface area contributed by atoms with Crippen LogP contribution in [0.4, 0.5) is 0 Å². The van der Waals surface area contributed by atoms with E-state index < -0.39 is 0 Å². The molecule has 2 fully saturated rings. The van der Waals surface area contributed by atoms with E-state index in [2.05, 4.69) is 6.92 Å². The smallest absolute Gasteiger partial charge is 0.113 e. The number of rotatable bonds is 2. The van der Waals surface area contributed by atoms with Crippen LogP contribution in [0.3, 0.4) is 0 Å². The summed E-state index contributed by atoms with van der Waals surface area (Å²) in [5.41, 5.74) is 7.70. The number of halogens is 1. The van der Waals surface area contributed by atoms with Gasteiger partial charge in [0.25, 0.3) is 0 Å². The van der Waals surface area contributed by atoms with Crippen molar-refractivity contribution < 1.29 is 0 Å². The first-order valence-corrected chi connectivity index (χ1v) is 6.77. The number of hydrogen-bond acceptors (Lipinski definition) is 3. The van der Waals surface area contributed by atoms with Crippen molar-refractivity contribution in [3.05, 3.63) is 15.6 Å². The molecule has 0 saturated heterocycles. The second-order valence-corrected chi connectivity index (χ2v) is 6.30. The van der Waals surface area contributed by atoms with Crippen LogP contribution in [0.25, 0.3) is 0 Å². The molecular weight excluding hydrogens is 240 g/mol. The van der Waals surface area contributed by atoms with Gasteiger partial charge in [0.1, 0.15) is 5.01 Å². The molecule has 1 heterocycles. The van der Waals surface area contributed by atoms with Gasteiger partial charge in [-0.05, 0) is 32.6 Å². The molecule has 3 rings (SSSR count). The highest BCUT2D eigenvalue weighted by molar-refractivity contribution is 7.11. The van der Waals surface area contributed by atoms with E-state index in [1.807, 2.05) is 11.3 Å². The van der Waals surface area contributed by atoms with Crippen molar-refractivity contribution in [1.82, 2.24) is 4.98 Å². The second-order valence-electron chi connectivity index (χ2n) is 5.10. The van der Waals surface area contributed by atoms with E-state index in [-0.39, 0.29) is 17.9 Å². The number of nitrogens with zero attached hydrogens (tertiary/aromatic N) is 1. The fourth-order valence-corrected chi connectivity index (χ4v) is 3.73. The number of aryl methyl sites for hydroxylation is 1. The molecule has 2 aliphatic rings. The van der Waals surface area contributed by atoms with E-state index in [0.29, 0.717) is 0 Å². The average molecular weight is 259 g/mol. The first-order chi connectivity index (χ1) is 7.19. The maximum absolute atomic E-state index is 6.43. The van der Waals surface area contributed by atoms with Gasteiger partial charge in [-0.2, -0.15) is 0 Å². The molecule has 1 aromatic rings. The molecule has 0 spiro atoms. The van der Waals surface area contributed by atoms with E-state index in [4.69, 9.17) is 10.7 Å². The molecule has 4 heteroatoms. The molecule has 0 amide bonds. The van der Waals surface area contributed by atoms with Gasteiger partial charge < -0.3 is 5.73 Å². The van der Waals surface area contributed by atoms with Crippen molar-refractivity contribution in [2.24, 2.45) is 5.73 Å². The molecule has 0 atom stereocenters. The molecule has 2 saturated carbocycles. The van der Waals surface area contributed by atoms with Crippen LogP contribution in [0.15, 0.2) is 0 Å². The lowest BCUT2D eigenvalue weighted by Gasteiger charge is -2.19. The molecule has 0 aromatic carbocycles. The highest BCUT2D eigenvalue weighted by atomic mass is 35.5. The van der Waals surface area contributed by atoms with Gasteiger partial charge in [0.15, 0.2) is 0 Å². The Balaban J connectivity index is 0.000000963. The van der Waals surface area contributed by atoms with Crippen LogP contribution in [0, 0.1) is 6.92 Å². The van der Waals surface area contributed by atoms with Gasteiger partial charge in [0.2, 0.25) is 0 Å². The lowest BCUT2D eigenvalue weighted by molar-refractivity contribution is 0.458. The van der Waals surface area contributed by atoms with Crippen molar-refractivity contribution in [3.8, 4) is 0 Å². The quantitative estimate of drug-likeness (QED) is 0.882. The highest BCUT2D eigenvalue weighted by Crippen LogP contribution is 2.45. The zero-order valence-corrected chi connectivity index (χ0v) is 11.3. The number of thiazole rings is 1. The fraction of sp³-hybridized carbons (Fsp3) is 0.750. The normalized spacial score (nSPS) is 23.1. The van der Waals surface area contributed by atoms with Crippen molar-refractivity contribution in [2.75, 3.05) is 0 Å². The standard InChI is InChI=1S/C12H18N2S.ClH/c1-8-10(9-4-5-9)14-11(15-8)12(13)6-2-3-7-12;/h9H,2-7,13H2,1H3;1H. The van der Waals surface area contributed by atoms with Crippen molar-refractivity contribution in [3.63, 3.8) is 0 Å². The summed E-state index contributed by atoms with van der Waals surface area (Å²) >= 11 is 1.84. The zero-order chi connectivity index (χ0) is 10.5. The Hall–Kier alpha value is -0.120. The molecular formula is C12H19ClN2S. The SMILES string of the molecule is Cc1sc(C2(N)CCCC2)nc1C1CC1.Cl.